The molecule has 9 nitrogen and oxygen atoms in total. The zero-order valence-electron chi connectivity index (χ0n) is 14.8. The van der Waals surface area contributed by atoms with E-state index in [1.807, 2.05) is 12.1 Å². The van der Waals surface area contributed by atoms with Gasteiger partial charge in [0.15, 0.2) is 0 Å². The molecule has 0 spiro atoms. The normalized spacial score (nSPS) is 14.8. The Morgan fingerprint density at radius 3 is 2.56 bits per heavy atom. The molecule has 3 rings (SSSR count). The lowest BCUT2D eigenvalue weighted by molar-refractivity contribution is -0.390. The number of nitrogens with one attached hydrogen (secondary N) is 1. The zero-order valence-corrected chi connectivity index (χ0v) is 16.3. The number of likely N-dealkylation sites (N-methyl/N-ethyl adjacent to an activating group) is 1. The molecule has 0 radical (unpaired) electrons. The molecule has 1 aromatic heterocycles. The molecular weight excluding hydrogens is 416 g/mol. The third kappa shape index (κ3) is 4.34. The Labute approximate surface area is 164 Å². The van der Waals surface area contributed by atoms with Crippen LogP contribution in [-0.2, 0) is 4.79 Å². The Balaban J connectivity index is 2.01. The minimum Gasteiger partial charge on any atom is -0.369 e. The third-order valence-corrected chi connectivity index (χ3v) is 4.87. The zero-order chi connectivity index (χ0) is 19.6. The van der Waals surface area contributed by atoms with E-state index in [9.17, 15) is 14.9 Å². The van der Waals surface area contributed by atoms with Crippen molar-refractivity contribution in [1.82, 2.24) is 14.7 Å². The molecule has 1 N–H and O–H groups in total. The summed E-state index contributed by atoms with van der Waals surface area (Å²) < 4.78 is 1.71. The van der Waals surface area contributed by atoms with Gasteiger partial charge in [0.25, 0.3) is 0 Å². The largest absolute Gasteiger partial charge is 0.404 e. The third-order valence-electron chi connectivity index (χ3n) is 4.31. The highest BCUT2D eigenvalue weighted by Gasteiger charge is 2.21. The molecular formula is C17H19BrN6O3. The van der Waals surface area contributed by atoms with Gasteiger partial charge in [-0.1, -0.05) is 6.58 Å². The van der Waals surface area contributed by atoms with Gasteiger partial charge in [0.1, 0.15) is 4.47 Å². The topological polar surface area (TPSA) is 96.5 Å². The number of amides is 1. The summed E-state index contributed by atoms with van der Waals surface area (Å²) in [5, 5.41) is 17.9. The van der Waals surface area contributed by atoms with Crippen LogP contribution in [0.2, 0.25) is 0 Å². The molecule has 1 fully saturated rings. The highest BCUT2D eigenvalue weighted by Crippen LogP contribution is 2.29. The van der Waals surface area contributed by atoms with Crippen LogP contribution in [0.3, 0.4) is 0 Å². The molecule has 10 heteroatoms. The first-order valence-electron chi connectivity index (χ1n) is 8.29. The molecule has 1 aliphatic rings. The fraction of sp³-hybridized carbons (Fsp3) is 0.294. The standard InChI is InChI=1S/C17H19BrN6O3/c1-3-16(25)19-12-8-13(22-6-4-21(2)5-7-22)10-14(9-12)23-11-15(18)17(20-23)24(26)27/h3,8-11H,1,4-7H2,2H3,(H,19,25). The Morgan fingerprint density at radius 1 is 1.30 bits per heavy atom. The first-order valence-corrected chi connectivity index (χ1v) is 9.08. The van der Waals surface area contributed by atoms with Gasteiger partial charge in [0.2, 0.25) is 5.91 Å². The first-order chi connectivity index (χ1) is 12.9. The highest BCUT2D eigenvalue weighted by atomic mass is 79.9. The minimum atomic E-state index is -0.550. The fourth-order valence-electron chi connectivity index (χ4n) is 2.84. The number of aromatic nitrogens is 2. The summed E-state index contributed by atoms with van der Waals surface area (Å²) in [6.45, 7) is 7.01. The van der Waals surface area contributed by atoms with Crippen LogP contribution in [0, 0.1) is 10.1 Å². The first kappa shape index (κ1) is 19.1. The van der Waals surface area contributed by atoms with E-state index in [0.29, 0.717) is 11.4 Å². The van der Waals surface area contributed by atoms with E-state index in [-0.39, 0.29) is 16.2 Å². The number of anilines is 2. The van der Waals surface area contributed by atoms with Crippen LogP contribution in [0.4, 0.5) is 17.2 Å². The van der Waals surface area contributed by atoms with Crippen molar-refractivity contribution in [2.75, 3.05) is 43.4 Å². The Kier molecular flexibility index (Phi) is 5.57. The predicted molar refractivity (Wildman–Crippen MR) is 106 cm³/mol. The molecule has 2 aromatic rings. The lowest BCUT2D eigenvalue weighted by atomic mass is 10.2. The molecule has 1 saturated heterocycles. The van der Waals surface area contributed by atoms with Gasteiger partial charge in [-0.25, -0.2) is 0 Å². The Bertz CT molecular complexity index is 889. The number of piperazine rings is 1. The van der Waals surface area contributed by atoms with Gasteiger partial charge >= 0.3 is 5.82 Å². The molecule has 1 aromatic carbocycles. The molecule has 1 amide bonds. The number of benzene rings is 1. The average Bonchev–Trinajstić information content (AvgIpc) is 3.04. The van der Waals surface area contributed by atoms with Crippen molar-refractivity contribution >= 4 is 39.0 Å². The van der Waals surface area contributed by atoms with E-state index >= 15 is 0 Å². The highest BCUT2D eigenvalue weighted by molar-refractivity contribution is 9.10. The number of carbonyl (C=O) groups excluding carboxylic acids is 1. The summed E-state index contributed by atoms with van der Waals surface area (Å²) in [4.78, 5) is 26.7. The van der Waals surface area contributed by atoms with Crippen LogP contribution in [0.5, 0.6) is 0 Å². The van der Waals surface area contributed by atoms with Gasteiger partial charge in [-0.2, -0.15) is 0 Å². The van der Waals surface area contributed by atoms with E-state index in [1.54, 1.807) is 6.07 Å². The monoisotopic (exact) mass is 434 g/mol. The van der Waals surface area contributed by atoms with Gasteiger partial charge < -0.3 is 25.2 Å². The molecule has 1 aliphatic heterocycles. The van der Waals surface area contributed by atoms with E-state index in [0.717, 1.165) is 31.9 Å². The molecule has 0 aliphatic carbocycles. The van der Waals surface area contributed by atoms with Gasteiger partial charge in [0, 0.05) is 37.6 Å². The maximum atomic E-state index is 11.7. The summed E-state index contributed by atoms with van der Waals surface area (Å²) in [6.07, 6.45) is 2.72. The molecule has 0 bridgehead atoms. The van der Waals surface area contributed by atoms with Crippen molar-refractivity contribution in [3.05, 3.63) is 51.6 Å². The second kappa shape index (κ2) is 7.89. The average molecular weight is 435 g/mol. The second-order valence-electron chi connectivity index (χ2n) is 6.22. The van der Waals surface area contributed by atoms with Crippen LogP contribution in [-0.4, -0.2) is 58.7 Å². The Hall–Kier alpha value is -2.72. The molecule has 27 heavy (non-hydrogen) atoms. The van der Waals surface area contributed by atoms with Gasteiger partial charge in [-0.3, -0.25) is 4.79 Å². The summed E-state index contributed by atoms with van der Waals surface area (Å²) in [7, 11) is 2.07. The lowest BCUT2D eigenvalue weighted by Gasteiger charge is -2.34. The van der Waals surface area contributed by atoms with Crippen LogP contribution < -0.4 is 10.2 Å². The van der Waals surface area contributed by atoms with Crippen molar-refractivity contribution < 1.29 is 9.72 Å². The van der Waals surface area contributed by atoms with Crippen molar-refractivity contribution in [1.29, 1.82) is 0 Å². The number of carbonyl (C=O) groups is 1. The summed E-state index contributed by atoms with van der Waals surface area (Å²) in [5.74, 6) is -0.596. The quantitative estimate of drug-likeness (QED) is 0.440. The summed E-state index contributed by atoms with van der Waals surface area (Å²) in [5.41, 5.74) is 2.09. The summed E-state index contributed by atoms with van der Waals surface area (Å²) in [6, 6.07) is 5.49. The van der Waals surface area contributed by atoms with Crippen molar-refractivity contribution in [3.63, 3.8) is 0 Å². The number of hydrogen-bond donors (Lipinski definition) is 1. The molecule has 0 unspecified atom stereocenters. The van der Waals surface area contributed by atoms with E-state index in [1.165, 1.54) is 17.0 Å². The summed E-state index contributed by atoms with van der Waals surface area (Å²) >= 11 is 3.16. The fourth-order valence-corrected chi connectivity index (χ4v) is 3.26. The van der Waals surface area contributed by atoms with Crippen LogP contribution in [0.1, 0.15) is 0 Å². The van der Waals surface area contributed by atoms with Gasteiger partial charge in [-0.05, 0) is 52.2 Å². The number of rotatable bonds is 5. The molecule has 2 heterocycles. The van der Waals surface area contributed by atoms with Gasteiger partial charge in [0.05, 0.1) is 17.0 Å². The van der Waals surface area contributed by atoms with Crippen molar-refractivity contribution in [3.8, 4) is 5.69 Å². The van der Waals surface area contributed by atoms with E-state index in [2.05, 4.69) is 49.8 Å². The van der Waals surface area contributed by atoms with Crippen LogP contribution >= 0.6 is 15.9 Å². The van der Waals surface area contributed by atoms with Gasteiger partial charge in [-0.15, -0.1) is 4.68 Å². The second-order valence-corrected chi connectivity index (χ2v) is 7.08. The minimum absolute atomic E-state index is 0.267. The maximum absolute atomic E-state index is 11.7. The number of nitro groups is 1. The van der Waals surface area contributed by atoms with E-state index in [4.69, 9.17) is 0 Å². The predicted octanol–water partition coefficient (Wildman–Crippen LogP) is 2.42. The van der Waals surface area contributed by atoms with Crippen LogP contribution in [0.25, 0.3) is 5.69 Å². The smallest absolute Gasteiger partial charge is 0.369 e. The Morgan fingerprint density at radius 2 is 1.96 bits per heavy atom. The van der Waals surface area contributed by atoms with Crippen molar-refractivity contribution in [2.24, 2.45) is 0 Å². The van der Waals surface area contributed by atoms with Crippen molar-refractivity contribution in [2.45, 2.75) is 0 Å². The SMILES string of the molecule is C=CC(=O)Nc1cc(N2CCN(C)CC2)cc(-n2cc(Br)c([N+](=O)[O-])n2)c1. The number of hydrogen-bond acceptors (Lipinski definition) is 6. The molecule has 142 valence electrons. The van der Waals surface area contributed by atoms with E-state index < -0.39 is 4.92 Å². The lowest BCUT2D eigenvalue weighted by Crippen LogP contribution is -2.44. The maximum Gasteiger partial charge on any atom is 0.404 e. The molecule has 0 saturated carbocycles. The number of halogens is 1. The number of nitrogens with zero attached hydrogens (tertiary/aromatic N) is 5. The van der Waals surface area contributed by atoms with Crippen LogP contribution in [0.15, 0.2) is 41.5 Å². The molecule has 0 atom stereocenters.